The van der Waals surface area contributed by atoms with Crippen molar-refractivity contribution in [2.45, 2.75) is 129 Å². The van der Waals surface area contributed by atoms with Gasteiger partial charge in [0, 0.05) is 0 Å². The Morgan fingerprint density at radius 3 is 1.07 bits per heavy atom. The van der Waals surface area contributed by atoms with Gasteiger partial charge in [-0.15, -0.1) is 0 Å². The Labute approximate surface area is 179 Å². The summed E-state index contributed by atoms with van der Waals surface area (Å²) in [7, 11) is -10.7. The van der Waals surface area contributed by atoms with Crippen molar-refractivity contribution in [1.29, 1.82) is 0 Å². The Bertz CT molecular complexity index is 375. The molecule has 0 aliphatic heterocycles. The normalized spacial score (nSPS) is 14.7. The third-order valence-corrected chi connectivity index (χ3v) is 5.21. The maximum absolute atomic E-state index is 10.7. The third-order valence-electron chi connectivity index (χ3n) is 4.66. The summed E-state index contributed by atoms with van der Waals surface area (Å²) in [6, 6.07) is 0. The van der Waals surface area contributed by atoms with Crippen LogP contribution in [-0.4, -0.2) is 5.60 Å². The Balaban J connectivity index is 0. The maximum atomic E-state index is 9.87. The van der Waals surface area contributed by atoms with E-state index < -0.39 is 7.81 Å². The van der Waals surface area contributed by atoms with Crippen LogP contribution in [0.1, 0.15) is 124 Å². The van der Waals surface area contributed by atoms with Crippen LogP contribution in [0, 0.1) is 0 Å². The molecule has 0 saturated heterocycles. The summed E-state index contributed by atoms with van der Waals surface area (Å²) in [6.07, 6.45) is 22.5. The van der Waals surface area contributed by atoms with E-state index in [0.29, 0.717) is 0 Å². The molecule has 0 bridgehead atoms. The van der Waals surface area contributed by atoms with Gasteiger partial charge in [0.25, 0.3) is 0 Å². The summed E-state index contributed by atoms with van der Waals surface area (Å²) < 4.78 is 64.5. The summed E-state index contributed by atoms with van der Waals surface area (Å²) in [4.78, 5) is 0. The van der Waals surface area contributed by atoms with Crippen molar-refractivity contribution in [3.8, 4) is 0 Å². The fourth-order valence-electron chi connectivity index (χ4n) is 2.97. The first kappa shape index (κ1) is 31.5. The molecule has 0 aromatic rings. The van der Waals surface area contributed by atoms with Crippen LogP contribution in [0.5, 0.6) is 0 Å². The molecule has 0 spiro atoms. The fourth-order valence-corrected chi connectivity index (χ4v) is 3.08. The molecule has 0 aliphatic carbocycles. The summed E-state index contributed by atoms with van der Waals surface area (Å²) in [5.74, 6) is 0. The number of hydrogen-bond acceptors (Lipinski definition) is 1. The summed E-state index contributed by atoms with van der Waals surface area (Å²) in [5, 5.41) is 0. The molecule has 0 atom stereocenters. The second kappa shape index (κ2) is 14.4. The van der Waals surface area contributed by atoms with Gasteiger partial charge in [0.05, 0.1) is 0 Å². The van der Waals surface area contributed by atoms with Crippen molar-refractivity contribution in [2.75, 3.05) is 0 Å². The minimum atomic E-state index is -10.7. The van der Waals surface area contributed by atoms with Crippen LogP contribution in [0.15, 0.2) is 0 Å². The van der Waals surface area contributed by atoms with E-state index >= 15 is 0 Å². The van der Waals surface area contributed by atoms with E-state index in [1.165, 1.54) is 96.3 Å². The van der Waals surface area contributed by atoms with Crippen molar-refractivity contribution in [2.24, 2.45) is 0 Å². The van der Waals surface area contributed by atoms with Gasteiger partial charge >= 0.3 is 33.0 Å². The first-order valence-corrected chi connectivity index (χ1v) is 13.4. The molecule has 0 N–H and O–H groups in total. The van der Waals surface area contributed by atoms with Crippen molar-refractivity contribution in [3.05, 3.63) is 0 Å². The van der Waals surface area contributed by atoms with Gasteiger partial charge in [-0.2, -0.15) is 4.18 Å². The molecule has 0 heterocycles. The third kappa shape index (κ3) is 43.2. The molecular weight excluding hydrogens is 433 g/mol. The quantitative estimate of drug-likeness (QED) is 0.0878. The SMILES string of the molecule is CCCCCCCCCCCCCCCCCC(C)(C)O[SH2+].F[P-](F)(F)(F)(F)F. The molecule has 29 heavy (non-hydrogen) atoms. The van der Waals surface area contributed by atoms with Gasteiger partial charge in [0.1, 0.15) is 18.5 Å². The van der Waals surface area contributed by atoms with Crippen LogP contribution in [0.2, 0.25) is 0 Å². The molecule has 0 aromatic carbocycles. The van der Waals surface area contributed by atoms with Crippen LogP contribution >= 0.6 is 7.81 Å². The van der Waals surface area contributed by atoms with E-state index in [1.807, 2.05) is 0 Å². The molecule has 0 amide bonds. The van der Waals surface area contributed by atoms with Gasteiger partial charge in [-0.1, -0.05) is 103 Å². The number of halogens is 6. The summed E-state index contributed by atoms with van der Waals surface area (Å²) >= 11 is 3.16. The van der Waals surface area contributed by atoms with E-state index in [1.54, 1.807) is 0 Å². The molecule has 0 radical (unpaired) electrons. The molecule has 0 fully saturated rings. The van der Waals surface area contributed by atoms with E-state index in [9.17, 15) is 25.2 Å². The van der Waals surface area contributed by atoms with Crippen molar-refractivity contribution in [3.63, 3.8) is 0 Å². The topological polar surface area (TPSA) is 9.23 Å². The zero-order chi connectivity index (χ0) is 22.9. The first-order chi connectivity index (χ1) is 13.1. The van der Waals surface area contributed by atoms with Crippen LogP contribution in [0.4, 0.5) is 25.2 Å². The molecule has 0 saturated carbocycles. The van der Waals surface area contributed by atoms with Crippen molar-refractivity contribution >= 4 is 20.7 Å². The Morgan fingerprint density at radius 1 is 0.586 bits per heavy atom. The van der Waals surface area contributed by atoms with E-state index in [4.69, 9.17) is 4.18 Å². The Hall–Kier alpha value is 0.320. The van der Waals surface area contributed by atoms with Gasteiger partial charge in [-0.25, -0.2) is 0 Å². The monoisotopic (exact) mass is 476 g/mol. The van der Waals surface area contributed by atoms with Gasteiger partial charge < -0.3 is 0 Å². The second-order valence-electron chi connectivity index (χ2n) is 8.52. The average molecular weight is 477 g/mol. The molecule has 1 nitrogen and oxygen atoms in total. The molecule has 182 valence electrons. The molecule has 0 aliphatic rings. The predicted octanol–water partition coefficient (Wildman–Crippen LogP) is 10.4. The molecular formula is C20H43F6OPS. The summed E-state index contributed by atoms with van der Waals surface area (Å²) in [6.45, 7) is 6.58. The van der Waals surface area contributed by atoms with Crippen LogP contribution in [0.3, 0.4) is 0 Å². The van der Waals surface area contributed by atoms with Crippen molar-refractivity contribution < 1.29 is 29.4 Å². The molecule has 9 heteroatoms. The van der Waals surface area contributed by atoms with Gasteiger partial charge in [0.15, 0.2) is 0 Å². The predicted molar refractivity (Wildman–Crippen MR) is 118 cm³/mol. The van der Waals surface area contributed by atoms with Gasteiger partial charge in [-0.05, 0) is 20.3 Å². The number of hydrogen-bond donors (Lipinski definition) is 0. The van der Waals surface area contributed by atoms with Gasteiger partial charge in [0.2, 0.25) is 0 Å². The molecule has 0 aromatic heterocycles. The minimum absolute atomic E-state index is 0.00652. The fraction of sp³-hybridized carbons (Fsp3) is 1.00. The van der Waals surface area contributed by atoms with Crippen LogP contribution in [-0.2, 0) is 17.1 Å². The van der Waals surface area contributed by atoms with Crippen LogP contribution < -0.4 is 0 Å². The van der Waals surface area contributed by atoms with Gasteiger partial charge in [-0.3, -0.25) is 0 Å². The van der Waals surface area contributed by atoms with E-state index in [0.717, 1.165) is 6.42 Å². The van der Waals surface area contributed by atoms with Crippen molar-refractivity contribution in [1.82, 2.24) is 0 Å². The Kier molecular flexibility index (Phi) is 15.6. The summed E-state index contributed by atoms with van der Waals surface area (Å²) in [5.41, 5.74) is -0.00652. The number of unbranched alkanes of at least 4 members (excludes halogenated alkanes) is 14. The molecule has 0 rings (SSSR count). The zero-order valence-electron chi connectivity index (χ0n) is 18.4. The van der Waals surface area contributed by atoms with E-state index in [2.05, 4.69) is 33.7 Å². The number of rotatable bonds is 17. The van der Waals surface area contributed by atoms with Crippen LogP contribution in [0.25, 0.3) is 0 Å². The second-order valence-corrected chi connectivity index (χ2v) is 10.6. The molecule has 0 unspecified atom stereocenters. The zero-order valence-corrected chi connectivity index (χ0v) is 20.3. The van der Waals surface area contributed by atoms with E-state index in [-0.39, 0.29) is 5.60 Å². The standard InChI is InChI=1S/C20H42OS.F6P/c1-4-5-6-7-8-9-10-11-12-13-14-15-16-17-18-19-20(2,3)21-22;1-7(2,3,4,5)6/h22H,4-19H2,1-3H3;/q;-1/p+1. The Morgan fingerprint density at radius 2 is 0.828 bits per heavy atom. The average Bonchev–Trinajstić information content (AvgIpc) is 2.55. The first-order valence-electron chi connectivity index (χ1n) is 11.0.